The predicted octanol–water partition coefficient (Wildman–Crippen LogP) is 1.81. The molecule has 0 radical (unpaired) electrons. The van der Waals surface area contributed by atoms with Gasteiger partial charge in [0.1, 0.15) is 5.82 Å². The molecule has 0 aliphatic rings. The van der Waals surface area contributed by atoms with Gasteiger partial charge in [-0.1, -0.05) is 6.07 Å². The predicted molar refractivity (Wildman–Crippen MR) is 71.6 cm³/mol. The van der Waals surface area contributed by atoms with Gasteiger partial charge in [-0.15, -0.1) is 0 Å². The minimum absolute atomic E-state index is 0.382. The highest BCUT2D eigenvalue weighted by molar-refractivity contribution is 5.99. The maximum atomic E-state index is 11.3. The van der Waals surface area contributed by atoms with E-state index in [4.69, 9.17) is 11.5 Å². The number of anilines is 3. The molecule has 5 nitrogen and oxygen atoms in total. The molecule has 1 amide bonds. The first kappa shape index (κ1) is 11.9. The molecule has 2 rings (SSSR count). The topological polar surface area (TPSA) is 94.0 Å². The van der Waals surface area contributed by atoms with E-state index in [2.05, 4.69) is 10.3 Å². The number of primary amides is 1. The van der Waals surface area contributed by atoms with Crippen LogP contribution in [-0.4, -0.2) is 10.9 Å². The van der Waals surface area contributed by atoms with Gasteiger partial charge in [0.25, 0.3) is 5.91 Å². The molecule has 5 heteroatoms. The zero-order valence-corrected chi connectivity index (χ0v) is 9.97. The number of aromatic nitrogens is 1. The average molecular weight is 242 g/mol. The monoisotopic (exact) mass is 242 g/mol. The number of hydrogen-bond donors (Lipinski definition) is 3. The summed E-state index contributed by atoms with van der Waals surface area (Å²) in [6.07, 6.45) is 0. The van der Waals surface area contributed by atoms with Gasteiger partial charge in [-0.2, -0.15) is 0 Å². The molecule has 0 saturated heterocycles. The minimum Gasteiger partial charge on any atom is -0.399 e. The van der Waals surface area contributed by atoms with Gasteiger partial charge in [-0.05, 0) is 37.3 Å². The standard InChI is InChI=1S/C13H14N4O/c1-8-3-2-4-12(16-8)17-11-7-9(14)5-6-10(11)13(15)18/h2-7H,14H2,1H3,(H2,15,18)(H,16,17). The Hall–Kier alpha value is -2.56. The third-order valence-electron chi connectivity index (χ3n) is 2.46. The second kappa shape index (κ2) is 4.75. The maximum Gasteiger partial charge on any atom is 0.250 e. The van der Waals surface area contributed by atoms with E-state index in [0.717, 1.165) is 5.69 Å². The number of rotatable bonds is 3. The molecule has 0 fully saturated rings. The van der Waals surface area contributed by atoms with E-state index >= 15 is 0 Å². The van der Waals surface area contributed by atoms with Crippen LogP contribution in [0.2, 0.25) is 0 Å². The van der Waals surface area contributed by atoms with E-state index in [-0.39, 0.29) is 0 Å². The minimum atomic E-state index is -0.509. The quantitative estimate of drug-likeness (QED) is 0.715. The first-order chi connectivity index (χ1) is 8.56. The molecule has 0 bridgehead atoms. The lowest BCUT2D eigenvalue weighted by atomic mass is 10.1. The van der Waals surface area contributed by atoms with Crippen LogP contribution >= 0.6 is 0 Å². The van der Waals surface area contributed by atoms with Crippen LogP contribution in [0, 0.1) is 6.92 Å². The van der Waals surface area contributed by atoms with Crippen molar-refractivity contribution in [3.8, 4) is 0 Å². The van der Waals surface area contributed by atoms with Crippen molar-refractivity contribution in [1.82, 2.24) is 4.98 Å². The van der Waals surface area contributed by atoms with Gasteiger partial charge in [0.2, 0.25) is 0 Å². The summed E-state index contributed by atoms with van der Waals surface area (Å²) in [6.45, 7) is 1.89. The summed E-state index contributed by atoms with van der Waals surface area (Å²) in [5.41, 5.74) is 13.4. The van der Waals surface area contributed by atoms with Gasteiger partial charge in [0.15, 0.2) is 0 Å². The Labute approximate surface area is 105 Å². The van der Waals surface area contributed by atoms with Crippen molar-refractivity contribution >= 4 is 23.1 Å². The molecule has 1 aromatic heterocycles. The molecular formula is C13H14N4O. The Morgan fingerprint density at radius 2 is 2.06 bits per heavy atom. The van der Waals surface area contributed by atoms with Gasteiger partial charge in [-0.25, -0.2) is 4.98 Å². The fraction of sp³-hybridized carbons (Fsp3) is 0.0769. The highest BCUT2D eigenvalue weighted by atomic mass is 16.1. The zero-order valence-electron chi connectivity index (χ0n) is 9.97. The van der Waals surface area contributed by atoms with Crippen LogP contribution in [0.25, 0.3) is 0 Å². The molecule has 0 atom stereocenters. The van der Waals surface area contributed by atoms with Crippen molar-refractivity contribution in [2.24, 2.45) is 5.73 Å². The lowest BCUT2D eigenvalue weighted by Gasteiger charge is -2.10. The number of hydrogen-bond acceptors (Lipinski definition) is 4. The third kappa shape index (κ3) is 2.57. The number of carbonyl (C=O) groups excluding carboxylic acids is 1. The van der Waals surface area contributed by atoms with Crippen LogP contribution in [0.5, 0.6) is 0 Å². The molecule has 2 aromatic rings. The van der Waals surface area contributed by atoms with Crippen molar-refractivity contribution < 1.29 is 4.79 Å². The third-order valence-corrected chi connectivity index (χ3v) is 2.46. The van der Waals surface area contributed by atoms with Crippen LogP contribution in [0.3, 0.4) is 0 Å². The average Bonchev–Trinajstić information content (AvgIpc) is 2.28. The van der Waals surface area contributed by atoms with Crippen LogP contribution in [0.15, 0.2) is 36.4 Å². The molecule has 0 aliphatic carbocycles. The van der Waals surface area contributed by atoms with Crippen LogP contribution in [0.1, 0.15) is 16.1 Å². The first-order valence-corrected chi connectivity index (χ1v) is 5.46. The normalized spacial score (nSPS) is 10.1. The second-order valence-electron chi connectivity index (χ2n) is 3.96. The van der Waals surface area contributed by atoms with Crippen molar-refractivity contribution in [2.75, 3.05) is 11.1 Å². The number of amides is 1. The summed E-state index contributed by atoms with van der Waals surface area (Å²) in [5, 5.41) is 3.04. The number of nitrogens with two attached hydrogens (primary N) is 2. The van der Waals surface area contributed by atoms with Gasteiger partial charge in [0.05, 0.1) is 11.3 Å². The molecule has 0 spiro atoms. The fourth-order valence-electron chi connectivity index (χ4n) is 1.63. The van der Waals surface area contributed by atoms with Crippen LogP contribution < -0.4 is 16.8 Å². The fourth-order valence-corrected chi connectivity index (χ4v) is 1.63. The highest BCUT2D eigenvalue weighted by Crippen LogP contribution is 2.22. The van der Waals surface area contributed by atoms with Crippen molar-refractivity contribution in [2.45, 2.75) is 6.92 Å². The summed E-state index contributed by atoms with van der Waals surface area (Å²) in [6, 6.07) is 10.5. The second-order valence-corrected chi connectivity index (χ2v) is 3.96. The smallest absolute Gasteiger partial charge is 0.250 e. The Balaban J connectivity index is 2.39. The Morgan fingerprint density at radius 3 is 2.72 bits per heavy atom. The van der Waals surface area contributed by atoms with Crippen LogP contribution in [-0.2, 0) is 0 Å². The van der Waals surface area contributed by atoms with Gasteiger partial charge >= 0.3 is 0 Å². The number of nitrogen functional groups attached to an aromatic ring is 1. The molecule has 1 aromatic carbocycles. The van der Waals surface area contributed by atoms with E-state index in [1.165, 1.54) is 0 Å². The number of benzene rings is 1. The van der Waals surface area contributed by atoms with E-state index < -0.39 is 5.91 Å². The Kier molecular flexibility index (Phi) is 3.14. The van der Waals surface area contributed by atoms with Crippen molar-refractivity contribution in [3.05, 3.63) is 47.7 Å². The molecule has 0 unspecified atom stereocenters. The lowest BCUT2D eigenvalue weighted by Crippen LogP contribution is -2.13. The molecule has 5 N–H and O–H groups in total. The number of nitrogens with zero attached hydrogens (tertiary/aromatic N) is 1. The molecule has 18 heavy (non-hydrogen) atoms. The largest absolute Gasteiger partial charge is 0.399 e. The van der Waals surface area contributed by atoms with Gasteiger partial charge in [-0.3, -0.25) is 4.79 Å². The Bertz CT molecular complexity index is 595. The van der Waals surface area contributed by atoms with E-state index in [1.807, 2.05) is 19.1 Å². The summed E-state index contributed by atoms with van der Waals surface area (Å²) >= 11 is 0. The highest BCUT2D eigenvalue weighted by Gasteiger charge is 2.09. The van der Waals surface area contributed by atoms with E-state index in [1.54, 1.807) is 24.3 Å². The lowest BCUT2D eigenvalue weighted by molar-refractivity contribution is 0.100. The summed E-state index contributed by atoms with van der Waals surface area (Å²) < 4.78 is 0. The maximum absolute atomic E-state index is 11.3. The summed E-state index contributed by atoms with van der Waals surface area (Å²) in [4.78, 5) is 15.6. The van der Waals surface area contributed by atoms with E-state index in [0.29, 0.717) is 22.8 Å². The number of aryl methyl sites for hydroxylation is 1. The first-order valence-electron chi connectivity index (χ1n) is 5.46. The van der Waals surface area contributed by atoms with Gasteiger partial charge < -0.3 is 16.8 Å². The molecule has 92 valence electrons. The van der Waals surface area contributed by atoms with Gasteiger partial charge in [0, 0.05) is 11.4 Å². The van der Waals surface area contributed by atoms with Crippen LogP contribution in [0.4, 0.5) is 17.2 Å². The summed E-state index contributed by atoms with van der Waals surface area (Å²) in [7, 11) is 0. The molecule has 0 saturated carbocycles. The SMILES string of the molecule is Cc1cccc(Nc2cc(N)ccc2C(N)=O)n1. The molecule has 1 heterocycles. The van der Waals surface area contributed by atoms with Crippen molar-refractivity contribution in [3.63, 3.8) is 0 Å². The Morgan fingerprint density at radius 1 is 1.28 bits per heavy atom. The number of pyridine rings is 1. The number of carbonyl (C=O) groups is 1. The molecule has 0 aliphatic heterocycles. The zero-order chi connectivity index (χ0) is 13.1. The van der Waals surface area contributed by atoms with E-state index in [9.17, 15) is 4.79 Å². The molecular weight excluding hydrogens is 228 g/mol. The van der Waals surface area contributed by atoms with Crippen molar-refractivity contribution in [1.29, 1.82) is 0 Å². The number of nitrogens with one attached hydrogen (secondary N) is 1. The summed E-state index contributed by atoms with van der Waals surface area (Å²) in [5.74, 6) is 0.133.